The maximum Gasteiger partial charge on any atom is 0.335 e. The van der Waals surface area contributed by atoms with Crippen molar-refractivity contribution in [2.75, 3.05) is 4.90 Å². The summed E-state index contributed by atoms with van der Waals surface area (Å²) in [7, 11) is 0. The van der Waals surface area contributed by atoms with Crippen LogP contribution < -0.4 is 15.0 Å². The lowest BCUT2D eigenvalue weighted by Gasteiger charge is -2.26. The SMILES string of the molecule is Cc1cc(N2C(=O)NC(=O)/C(=C\c3ccc(OCc4ccc(Br)cc4)c(Br)c3)C2=O)ccc1Br. The van der Waals surface area contributed by atoms with Crippen LogP contribution in [0.25, 0.3) is 6.08 Å². The molecule has 1 saturated heterocycles. The van der Waals surface area contributed by atoms with E-state index in [0.717, 1.165) is 25.0 Å². The highest BCUT2D eigenvalue weighted by molar-refractivity contribution is 9.11. The van der Waals surface area contributed by atoms with E-state index in [4.69, 9.17) is 4.74 Å². The van der Waals surface area contributed by atoms with Crippen LogP contribution in [0.4, 0.5) is 10.5 Å². The number of carbonyl (C=O) groups is 3. The maximum atomic E-state index is 13.1. The number of barbiturate groups is 1. The fourth-order valence-corrected chi connectivity index (χ4v) is 4.31. The molecule has 4 rings (SSSR count). The predicted octanol–water partition coefficient (Wildman–Crippen LogP) is 6.53. The molecule has 0 aliphatic carbocycles. The lowest BCUT2D eigenvalue weighted by molar-refractivity contribution is -0.122. The van der Waals surface area contributed by atoms with Crippen molar-refractivity contribution in [2.45, 2.75) is 13.5 Å². The molecule has 3 aromatic rings. The minimum absolute atomic E-state index is 0.143. The van der Waals surface area contributed by atoms with Crippen LogP contribution >= 0.6 is 47.8 Å². The second-order valence-electron chi connectivity index (χ2n) is 7.50. The third-order valence-corrected chi connectivity index (χ3v) is 7.11. The molecular formula is C25H17Br3N2O4. The Morgan fingerprint density at radius 1 is 0.912 bits per heavy atom. The van der Waals surface area contributed by atoms with Gasteiger partial charge in [0, 0.05) is 8.95 Å². The summed E-state index contributed by atoms with van der Waals surface area (Å²) in [6, 6.07) is 17.3. The highest BCUT2D eigenvalue weighted by Crippen LogP contribution is 2.30. The number of imide groups is 2. The number of nitrogens with one attached hydrogen (secondary N) is 1. The Labute approximate surface area is 221 Å². The van der Waals surface area contributed by atoms with Gasteiger partial charge in [0.2, 0.25) is 0 Å². The van der Waals surface area contributed by atoms with Crippen molar-refractivity contribution in [2.24, 2.45) is 0 Å². The summed E-state index contributed by atoms with van der Waals surface area (Å²) in [5.74, 6) is -0.819. The van der Waals surface area contributed by atoms with Gasteiger partial charge in [0.25, 0.3) is 11.8 Å². The highest BCUT2D eigenvalue weighted by Gasteiger charge is 2.36. The number of aryl methyl sites for hydroxylation is 1. The summed E-state index contributed by atoms with van der Waals surface area (Å²) in [5.41, 5.74) is 2.69. The van der Waals surface area contributed by atoms with Gasteiger partial charge in [0.15, 0.2) is 0 Å². The summed E-state index contributed by atoms with van der Waals surface area (Å²) in [6.45, 7) is 2.23. The van der Waals surface area contributed by atoms with Gasteiger partial charge in [0.05, 0.1) is 10.2 Å². The highest BCUT2D eigenvalue weighted by atomic mass is 79.9. The number of halogens is 3. The van der Waals surface area contributed by atoms with Gasteiger partial charge in [-0.05, 0) is 88.1 Å². The number of benzene rings is 3. The largest absolute Gasteiger partial charge is 0.488 e. The molecule has 1 heterocycles. The number of rotatable bonds is 5. The molecule has 1 fully saturated rings. The van der Waals surface area contributed by atoms with Crippen LogP contribution in [-0.4, -0.2) is 17.8 Å². The topological polar surface area (TPSA) is 75.7 Å². The van der Waals surface area contributed by atoms with E-state index in [-0.39, 0.29) is 5.57 Å². The number of hydrogen-bond donors (Lipinski definition) is 1. The number of urea groups is 1. The van der Waals surface area contributed by atoms with E-state index in [2.05, 4.69) is 53.1 Å². The molecule has 0 radical (unpaired) electrons. The lowest BCUT2D eigenvalue weighted by atomic mass is 10.1. The molecule has 1 N–H and O–H groups in total. The van der Waals surface area contributed by atoms with Crippen molar-refractivity contribution in [3.05, 3.63) is 96.3 Å². The number of anilines is 1. The smallest absolute Gasteiger partial charge is 0.335 e. The third kappa shape index (κ3) is 5.32. The monoisotopic (exact) mass is 646 g/mol. The Balaban J connectivity index is 1.56. The van der Waals surface area contributed by atoms with Gasteiger partial charge in [0.1, 0.15) is 17.9 Å². The maximum absolute atomic E-state index is 13.1. The first-order valence-electron chi connectivity index (χ1n) is 10.1. The van der Waals surface area contributed by atoms with E-state index in [1.807, 2.05) is 31.2 Å². The molecule has 1 aliphatic rings. The standard InChI is InChI=1S/C25H17Br3N2O4/c1-14-10-18(7-8-20(14)27)30-24(32)19(23(31)29-25(30)33)11-16-4-9-22(21(28)12-16)34-13-15-2-5-17(26)6-3-15/h2-12H,13H2,1H3,(H,29,31,33)/b19-11+. The Bertz CT molecular complexity index is 1340. The summed E-state index contributed by atoms with van der Waals surface area (Å²) in [4.78, 5) is 38.9. The summed E-state index contributed by atoms with van der Waals surface area (Å²) >= 11 is 10.3. The number of ether oxygens (including phenoxy) is 1. The van der Waals surface area contributed by atoms with E-state index in [1.165, 1.54) is 6.08 Å². The number of hydrogen-bond acceptors (Lipinski definition) is 4. The molecule has 3 aromatic carbocycles. The van der Waals surface area contributed by atoms with Crippen LogP contribution in [0, 0.1) is 6.92 Å². The normalized spacial score (nSPS) is 15.0. The molecule has 0 bridgehead atoms. The molecule has 172 valence electrons. The Hall–Kier alpha value is -2.75. The van der Waals surface area contributed by atoms with Crippen molar-refractivity contribution < 1.29 is 19.1 Å². The molecular weight excluding hydrogens is 632 g/mol. The van der Waals surface area contributed by atoms with Crippen molar-refractivity contribution in [1.82, 2.24) is 5.32 Å². The fourth-order valence-electron chi connectivity index (χ4n) is 3.29. The third-order valence-electron chi connectivity index (χ3n) is 5.08. The van der Waals surface area contributed by atoms with E-state index in [1.54, 1.807) is 36.4 Å². The Kier molecular flexibility index (Phi) is 7.35. The van der Waals surface area contributed by atoms with Gasteiger partial charge in [-0.25, -0.2) is 9.69 Å². The Morgan fingerprint density at radius 3 is 2.32 bits per heavy atom. The average Bonchev–Trinajstić information content (AvgIpc) is 2.79. The van der Waals surface area contributed by atoms with Gasteiger partial charge in [-0.1, -0.05) is 50.1 Å². The summed E-state index contributed by atoms with van der Waals surface area (Å²) < 4.78 is 8.38. The number of amides is 4. The minimum Gasteiger partial charge on any atom is -0.488 e. The van der Waals surface area contributed by atoms with Gasteiger partial charge in [-0.2, -0.15) is 0 Å². The summed E-state index contributed by atoms with van der Waals surface area (Å²) in [6.07, 6.45) is 1.45. The molecule has 0 atom stereocenters. The molecule has 0 aromatic heterocycles. The zero-order chi connectivity index (χ0) is 24.4. The average molecular weight is 649 g/mol. The zero-order valence-corrected chi connectivity index (χ0v) is 22.5. The molecule has 1 aliphatic heterocycles. The molecule has 0 unspecified atom stereocenters. The van der Waals surface area contributed by atoms with Crippen molar-refractivity contribution in [3.63, 3.8) is 0 Å². The van der Waals surface area contributed by atoms with Crippen molar-refractivity contribution in [1.29, 1.82) is 0 Å². The van der Waals surface area contributed by atoms with Gasteiger partial charge >= 0.3 is 6.03 Å². The number of nitrogens with zero attached hydrogens (tertiary/aromatic N) is 1. The molecule has 9 heteroatoms. The van der Waals surface area contributed by atoms with Gasteiger partial charge in [-0.15, -0.1) is 0 Å². The van der Waals surface area contributed by atoms with Crippen LogP contribution in [0.2, 0.25) is 0 Å². The molecule has 0 spiro atoms. The van der Waals surface area contributed by atoms with Crippen LogP contribution in [0.15, 0.2) is 79.7 Å². The van der Waals surface area contributed by atoms with Crippen molar-refractivity contribution >= 4 is 77.4 Å². The van der Waals surface area contributed by atoms with E-state index in [0.29, 0.717) is 28.1 Å². The fraction of sp³-hybridized carbons (Fsp3) is 0.0800. The first-order valence-corrected chi connectivity index (χ1v) is 12.5. The predicted molar refractivity (Wildman–Crippen MR) is 140 cm³/mol. The molecule has 0 saturated carbocycles. The van der Waals surface area contributed by atoms with E-state index >= 15 is 0 Å². The second-order valence-corrected chi connectivity index (χ2v) is 10.1. The van der Waals surface area contributed by atoms with Crippen LogP contribution in [0.1, 0.15) is 16.7 Å². The Morgan fingerprint density at radius 2 is 1.65 bits per heavy atom. The lowest BCUT2D eigenvalue weighted by Crippen LogP contribution is -2.54. The molecule has 34 heavy (non-hydrogen) atoms. The van der Waals surface area contributed by atoms with Crippen LogP contribution in [0.3, 0.4) is 0 Å². The van der Waals surface area contributed by atoms with E-state index < -0.39 is 17.8 Å². The van der Waals surface area contributed by atoms with Crippen molar-refractivity contribution in [3.8, 4) is 5.75 Å². The quantitative estimate of drug-likeness (QED) is 0.252. The van der Waals surface area contributed by atoms with Crippen LogP contribution in [0.5, 0.6) is 5.75 Å². The zero-order valence-electron chi connectivity index (χ0n) is 17.8. The first kappa shape index (κ1) is 24.4. The second kappa shape index (κ2) is 10.2. The molecule has 4 amide bonds. The van der Waals surface area contributed by atoms with E-state index in [9.17, 15) is 14.4 Å². The number of carbonyl (C=O) groups excluding carboxylic acids is 3. The minimum atomic E-state index is -0.785. The first-order chi connectivity index (χ1) is 16.2. The van der Waals surface area contributed by atoms with Crippen LogP contribution in [-0.2, 0) is 16.2 Å². The van der Waals surface area contributed by atoms with Gasteiger partial charge < -0.3 is 4.74 Å². The summed E-state index contributed by atoms with van der Waals surface area (Å²) in [5, 5.41) is 2.24. The van der Waals surface area contributed by atoms with Gasteiger partial charge in [-0.3, -0.25) is 14.9 Å². The molecule has 6 nitrogen and oxygen atoms in total.